The first-order valence-corrected chi connectivity index (χ1v) is 35.9. The van der Waals surface area contributed by atoms with Gasteiger partial charge < -0.3 is 0 Å². The molecular formula is C62H55Cl2SiZr. The molecule has 11 rings (SSSR count). The van der Waals surface area contributed by atoms with E-state index in [2.05, 4.69) is 214 Å². The van der Waals surface area contributed by atoms with Gasteiger partial charge in [0.1, 0.15) is 0 Å². The molecule has 2 aliphatic carbocycles. The van der Waals surface area contributed by atoms with Crippen molar-refractivity contribution in [1.82, 2.24) is 0 Å². The topological polar surface area (TPSA) is 0 Å². The summed E-state index contributed by atoms with van der Waals surface area (Å²) in [5.74, 6) is 0. The van der Waals surface area contributed by atoms with Crippen LogP contribution in [0, 0.1) is 0 Å². The Morgan fingerprint density at radius 1 is 0.439 bits per heavy atom. The van der Waals surface area contributed by atoms with E-state index in [0.29, 0.717) is 0 Å². The van der Waals surface area contributed by atoms with Crippen LogP contribution in [-0.4, -0.2) is 9.52 Å². The Morgan fingerprint density at radius 2 is 0.864 bits per heavy atom. The fourth-order valence-corrected chi connectivity index (χ4v) is 39.0. The van der Waals surface area contributed by atoms with Crippen molar-refractivity contribution in [1.29, 1.82) is 0 Å². The van der Waals surface area contributed by atoms with Gasteiger partial charge >= 0.3 is 405 Å². The van der Waals surface area contributed by atoms with Crippen LogP contribution in [0.2, 0.25) is 0 Å². The Morgan fingerprint density at radius 3 is 1.33 bits per heavy atom. The minimum absolute atomic E-state index is 0.262. The van der Waals surface area contributed by atoms with Crippen LogP contribution in [0.4, 0.5) is 0 Å². The van der Waals surface area contributed by atoms with E-state index < -0.39 is 25.9 Å². The molecule has 0 fully saturated rings. The van der Waals surface area contributed by atoms with E-state index >= 15 is 0 Å². The number of aryl methyl sites for hydroxylation is 2. The fourth-order valence-electron chi connectivity index (χ4n) is 12.0. The second-order valence-corrected chi connectivity index (χ2v) is 41.2. The van der Waals surface area contributed by atoms with E-state index in [1.165, 1.54) is 103 Å². The first-order valence-electron chi connectivity index (χ1n) is 24.1. The first kappa shape index (κ1) is 43.5. The molecule has 0 saturated carbocycles. The molecule has 3 aliphatic rings. The zero-order valence-corrected chi connectivity index (χ0v) is 43.3. The molecule has 66 heavy (non-hydrogen) atoms. The van der Waals surface area contributed by atoms with E-state index in [-0.39, 0.29) is 7.25 Å². The van der Waals surface area contributed by atoms with E-state index in [0.717, 1.165) is 38.5 Å². The molecule has 0 saturated heterocycles. The van der Waals surface area contributed by atoms with Crippen molar-refractivity contribution < 1.29 is 16.4 Å². The molecule has 2 atom stereocenters. The average molecular weight is 990 g/mol. The van der Waals surface area contributed by atoms with E-state index in [4.69, 9.17) is 0 Å². The van der Waals surface area contributed by atoms with Gasteiger partial charge in [0.05, 0.1) is 0 Å². The first-order chi connectivity index (χ1) is 32.4. The van der Waals surface area contributed by atoms with Crippen molar-refractivity contribution >= 4 is 63.5 Å². The molecule has 0 radical (unpaired) electrons. The summed E-state index contributed by atoms with van der Waals surface area (Å²) < 4.78 is 0.719. The van der Waals surface area contributed by atoms with E-state index in [9.17, 15) is 17.0 Å². The van der Waals surface area contributed by atoms with Gasteiger partial charge in [-0.2, -0.15) is 0 Å². The van der Waals surface area contributed by atoms with Crippen LogP contribution in [0.25, 0.3) is 56.7 Å². The molecule has 0 nitrogen and oxygen atoms in total. The van der Waals surface area contributed by atoms with Crippen LogP contribution in [-0.2, 0) is 29.2 Å². The second kappa shape index (κ2) is 17.9. The van der Waals surface area contributed by atoms with E-state index in [1.54, 1.807) is 0 Å². The number of benzene rings is 8. The van der Waals surface area contributed by atoms with Gasteiger partial charge in [-0.25, -0.2) is 0 Å². The maximum absolute atomic E-state index is 9.66. The number of rotatable bonds is 13. The molecule has 8 aromatic rings. The summed E-state index contributed by atoms with van der Waals surface area (Å²) in [6.07, 6.45) is 11.6. The van der Waals surface area contributed by atoms with Gasteiger partial charge in [0.15, 0.2) is 0 Å². The predicted molar refractivity (Wildman–Crippen MR) is 286 cm³/mol. The molecule has 0 bridgehead atoms. The molecule has 4 heteroatoms. The van der Waals surface area contributed by atoms with Crippen LogP contribution >= 0.6 is 17.0 Å². The maximum atomic E-state index is 9.66. The van der Waals surface area contributed by atoms with Gasteiger partial charge in [0, 0.05) is 0 Å². The molecule has 325 valence electrons. The normalized spacial score (nSPS) is 16.8. The predicted octanol–water partition coefficient (Wildman–Crippen LogP) is 15.0. The fraction of sp³-hybridized carbons (Fsp3) is 0.161. The van der Waals surface area contributed by atoms with Gasteiger partial charge in [-0.1, -0.05) is 0 Å². The van der Waals surface area contributed by atoms with E-state index in [1.807, 2.05) is 0 Å². The van der Waals surface area contributed by atoms with Gasteiger partial charge in [-0.3, -0.25) is 0 Å². The number of allylic oxidation sites excluding steroid dienone is 2. The zero-order chi connectivity index (χ0) is 44.9. The quantitative estimate of drug-likeness (QED) is 0.101. The Kier molecular flexibility index (Phi) is 11.8. The van der Waals surface area contributed by atoms with Gasteiger partial charge in [0.2, 0.25) is 0 Å². The summed E-state index contributed by atoms with van der Waals surface area (Å²) in [7, 11) is 18.4. The zero-order valence-electron chi connectivity index (χ0n) is 37.9. The molecule has 2 unspecified atom stereocenters. The van der Waals surface area contributed by atoms with Crippen molar-refractivity contribution in [3.05, 3.63) is 233 Å². The molecule has 1 heterocycles. The van der Waals surface area contributed by atoms with Crippen LogP contribution in [0.5, 0.6) is 0 Å². The number of hydrogen-bond acceptors (Lipinski definition) is 0. The molecule has 0 spiro atoms. The summed E-state index contributed by atoms with van der Waals surface area (Å²) in [5, 5.41) is 2.90. The van der Waals surface area contributed by atoms with Crippen molar-refractivity contribution in [2.45, 2.75) is 59.6 Å². The molecule has 8 aromatic carbocycles. The SMILES string of the molecule is CCCCc1ccc2c(c1-c1ccccc1)C=C(c1ccccc1)[CH]2[Zr]([Cl])([Cl])([c]1cccc2c1[SiH2]c1ccccc1-2)[CH]1C(c2ccccc2)=Cc2c1ccc(CCCC)c2-c1ccccc1. The van der Waals surface area contributed by atoms with Crippen molar-refractivity contribution in [3.8, 4) is 33.4 Å². The standard InChI is InChI=1S/2C25H23.C12H9Si.2ClH.Zr/c2*1-2-3-10-21-15-16-22-17-23(19-11-6-4-7-12-19)18-24(22)25(21)20-13-8-5-9-14-20;1-3-7-11-9(5-1)10-6-2-4-8-12(10)13-11;;;/h2*4-9,11-18H,2-3,10H2,1H3;1-7H,13H2;2*1H;/q;;;;;+2/p-2. The van der Waals surface area contributed by atoms with Crippen LogP contribution < -0.4 is 13.6 Å². The summed E-state index contributed by atoms with van der Waals surface area (Å²) in [4.78, 5) is 0. The summed E-state index contributed by atoms with van der Waals surface area (Å²) in [5.41, 5.74) is 20.5. The van der Waals surface area contributed by atoms with Crippen LogP contribution in [0.3, 0.4) is 0 Å². The Labute approximate surface area is 402 Å². The Balaban J connectivity index is 1.28. The van der Waals surface area contributed by atoms with Crippen LogP contribution in [0.15, 0.2) is 188 Å². The van der Waals surface area contributed by atoms with Gasteiger partial charge in [-0.15, -0.1) is 0 Å². The van der Waals surface area contributed by atoms with Crippen LogP contribution in [0.1, 0.15) is 91.3 Å². The van der Waals surface area contributed by atoms with Crippen molar-refractivity contribution in [2.24, 2.45) is 0 Å². The molecule has 0 aromatic heterocycles. The number of halogens is 2. The minimum atomic E-state index is -5.99. The average Bonchev–Trinajstić information content (AvgIpc) is 4.09. The molecule has 0 N–H and O–H groups in total. The summed E-state index contributed by atoms with van der Waals surface area (Å²) in [6, 6.07) is 70.1. The van der Waals surface area contributed by atoms with Crippen molar-refractivity contribution in [3.63, 3.8) is 0 Å². The Bertz CT molecular complexity index is 3010. The van der Waals surface area contributed by atoms with Gasteiger partial charge in [-0.05, 0) is 0 Å². The molecular weight excluding hydrogens is 935 g/mol. The third-order valence-corrected chi connectivity index (χ3v) is 37.4. The van der Waals surface area contributed by atoms with Gasteiger partial charge in [0.25, 0.3) is 0 Å². The number of fused-ring (bicyclic) bond motifs is 5. The third kappa shape index (κ3) is 7.18. The number of hydrogen-bond donors (Lipinski definition) is 0. The molecule has 0 amide bonds. The number of unbranched alkanes of at least 4 members (excludes halogenated alkanes) is 2. The summed E-state index contributed by atoms with van der Waals surface area (Å²) >= 11 is -5.99. The Hall–Kier alpha value is -5.08. The molecule has 1 aliphatic heterocycles. The summed E-state index contributed by atoms with van der Waals surface area (Å²) in [6.45, 7) is 4.58. The monoisotopic (exact) mass is 987 g/mol. The second-order valence-electron chi connectivity index (χ2n) is 18.8. The third-order valence-electron chi connectivity index (χ3n) is 14.9. The van der Waals surface area contributed by atoms with Crippen molar-refractivity contribution in [2.75, 3.05) is 0 Å².